The van der Waals surface area contributed by atoms with Crippen molar-refractivity contribution < 1.29 is 19.0 Å². The number of aromatic amines is 1. The van der Waals surface area contributed by atoms with Crippen LogP contribution in [0.1, 0.15) is 24.4 Å². The number of rotatable bonds is 5. The molecule has 1 amide bonds. The van der Waals surface area contributed by atoms with Crippen molar-refractivity contribution in [2.45, 2.75) is 25.4 Å². The zero-order valence-electron chi connectivity index (χ0n) is 17.7. The molecule has 2 aliphatic rings. The lowest BCUT2D eigenvalue weighted by atomic mass is 10.0. The molecule has 9 heteroatoms. The lowest BCUT2D eigenvalue weighted by Gasteiger charge is -2.27. The second-order valence-electron chi connectivity index (χ2n) is 7.82. The van der Waals surface area contributed by atoms with E-state index in [1.807, 2.05) is 47.4 Å². The van der Waals surface area contributed by atoms with Crippen LogP contribution in [0.3, 0.4) is 0 Å². The first-order valence-corrected chi connectivity index (χ1v) is 11.0. The molecule has 1 atom stereocenters. The molecule has 32 heavy (non-hydrogen) atoms. The quantitative estimate of drug-likeness (QED) is 0.594. The topological polar surface area (TPSA) is 81.6 Å². The van der Waals surface area contributed by atoms with Crippen molar-refractivity contribution in [3.63, 3.8) is 0 Å². The maximum atomic E-state index is 13.4. The number of aromatic nitrogens is 3. The number of hydrogen-bond acceptors (Lipinski definition) is 6. The van der Waals surface area contributed by atoms with Crippen LogP contribution in [-0.2, 0) is 11.3 Å². The summed E-state index contributed by atoms with van der Waals surface area (Å²) in [7, 11) is 1.62. The van der Waals surface area contributed by atoms with Crippen LogP contribution < -0.4 is 14.2 Å². The Balaban J connectivity index is 1.38. The molecule has 8 nitrogen and oxygen atoms in total. The van der Waals surface area contributed by atoms with E-state index in [0.717, 1.165) is 41.2 Å². The van der Waals surface area contributed by atoms with Crippen molar-refractivity contribution in [3.8, 4) is 28.6 Å². The van der Waals surface area contributed by atoms with E-state index >= 15 is 0 Å². The number of carbonyl (C=O) groups excluding carboxylic acids is 1. The van der Waals surface area contributed by atoms with Gasteiger partial charge < -0.3 is 19.1 Å². The van der Waals surface area contributed by atoms with Gasteiger partial charge in [0, 0.05) is 12.1 Å². The highest BCUT2D eigenvalue weighted by molar-refractivity contribution is 7.71. The van der Waals surface area contributed by atoms with Crippen LogP contribution in [0.5, 0.6) is 17.2 Å². The van der Waals surface area contributed by atoms with Crippen LogP contribution in [0, 0.1) is 4.77 Å². The summed E-state index contributed by atoms with van der Waals surface area (Å²) in [5, 5.41) is 7.17. The number of benzene rings is 2. The molecule has 0 aliphatic carbocycles. The minimum absolute atomic E-state index is 0.00355. The van der Waals surface area contributed by atoms with E-state index in [0.29, 0.717) is 30.4 Å². The number of H-pyrrole nitrogens is 1. The number of methoxy groups -OCH3 is 1. The number of nitrogens with zero attached hydrogens (tertiary/aromatic N) is 3. The summed E-state index contributed by atoms with van der Waals surface area (Å²) in [6.07, 6.45) is 1.86. The van der Waals surface area contributed by atoms with Crippen molar-refractivity contribution in [2.75, 3.05) is 26.9 Å². The van der Waals surface area contributed by atoms with Crippen LogP contribution >= 0.6 is 12.2 Å². The Hall–Kier alpha value is -3.33. The van der Waals surface area contributed by atoms with E-state index in [2.05, 4.69) is 10.2 Å². The van der Waals surface area contributed by atoms with Gasteiger partial charge in [-0.25, -0.2) is 0 Å². The Morgan fingerprint density at radius 3 is 2.75 bits per heavy atom. The van der Waals surface area contributed by atoms with Gasteiger partial charge in [-0.2, -0.15) is 5.10 Å². The van der Waals surface area contributed by atoms with Crippen molar-refractivity contribution >= 4 is 18.1 Å². The van der Waals surface area contributed by atoms with Gasteiger partial charge in [0.15, 0.2) is 22.1 Å². The van der Waals surface area contributed by atoms with E-state index < -0.39 is 0 Å². The first kappa shape index (κ1) is 20.6. The Labute approximate surface area is 190 Å². The smallest absolute Gasteiger partial charge is 0.243 e. The lowest BCUT2D eigenvalue weighted by Crippen LogP contribution is -2.33. The second-order valence-corrected chi connectivity index (χ2v) is 8.20. The van der Waals surface area contributed by atoms with Crippen molar-refractivity contribution in [1.82, 2.24) is 19.7 Å². The third-order valence-corrected chi connectivity index (χ3v) is 6.24. The summed E-state index contributed by atoms with van der Waals surface area (Å²) in [5.74, 6) is 2.89. The largest absolute Gasteiger partial charge is 0.497 e. The fraction of sp³-hybridized carbons (Fsp3) is 0.348. The lowest BCUT2D eigenvalue weighted by molar-refractivity contribution is -0.132. The molecule has 2 aromatic carbocycles. The van der Waals surface area contributed by atoms with Crippen molar-refractivity contribution in [2.24, 2.45) is 0 Å². The number of nitrogens with one attached hydrogen (secondary N) is 1. The highest BCUT2D eigenvalue weighted by Gasteiger charge is 2.31. The van der Waals surface area contributed by atoms with Crippen LogP contribution in [-0.4, -0.2) is 52.4 Å². The summed E-state index contributed by atoms with van der Waals surface area (Å²) in [6, 6.07) is 13.5. The molecule has 0 spiro atoms. The van der Waals surface area contributed by atoms with Gasteiger partial charge in [0.1, 0.15) is 25.5 Å². The Morgan fingerprint density at radius 2 is 1.97 bits per heavy atom. The van der Waals surface area contributed by atoms with Crippen LogP contribution in [0.15, 0.2) is 42.5 Å². The molecule has 1 N–H and O–H groups in total. The van der Waals surface area contributed by atoms with Gasteiger partial charge in [-0.05, 0) is 67.0 Å². The van der Waals surface area contributed by atoms with Crippen LogP contribution in [0.25, 0.3) is 11.4 Å². The predicted octanol–water partition coefficient (Wildman–Crippen LogP) is 3.75. The molecule has 166 valence electrons. The zero-order valence-corrected chi connectivity index (χ0v) is 18.6. The number of hydrogen-bond donors (Lipinski definition) is 1. The molecule has 3 aromatic rings. The van der Waals surface area contributed by atoms with E-state index in [1.54, 1.807) is 11.7 Å². The number of carbonyl (C=O) groups is 1. The molecule has 0 radical (unpaired) electrons. The van der Waals surface area contributed by atoms with Gasteiger partial charge in [0.2, 0.25) is 5.91 Å². The molecule has 0 unspecified atom stereocenters. The van der Waals surface area contributed by atoms with Gasteiger partial charge in [-0.15, -0.1) is 0 Å². The summed E-state index contributed by atoms with van der Waals surface area (Å²) in [6.45, 7) is 1.93. The SMILES string of the molecule is COc1ccc(-c2n[nH]c(=S)n2CC(=O)N2CCC[C@@H]2c2ccc3c(c2)OCCO3)cc1. The zero-order chi connectivity index (χ0) is 22.1. The molecule has 1 fully saturated rings. The number of amides is 1. The van der Waals surface area contributed by atoms with Gasteiger partial charge >= 0.3 is 0 Å². The van der Waals surface area contributed by atoms with Crippen LogP contribution in [0.4, 0.5) is 0 Å². The average Bonchev–Trinajstić information content (AvgIpc) is 3.46. The molecule has 5 rings (SSSR count). The average molecular weight is 453 g/mol. The molecule has 2 aliphatic heterocycles. The molecule has 3 heterocycles. The van der Waals surface area contributed by atoms with Gasteiger partial charge in [0.05, 0.1) is 13.2 Å². The minimum atomic E-state index is 0.00355. The Kier molecular flexibility index (Phi) is 5.57. The molecule has 0 bridgehead atoms. The number of ether oxygens (including phenoxy) is 3. The highest BCUT2D eigenvalue weighted by Crippen LogP contribution is 2.38. The van der Waals surface area contributed by atoms with Gasteiger partial charge in [0.25, 0.3) is 0 Å². The maximum absolute atomic E-state index is 13.4. The summed E-state index contributed by atoms with van der Waals surface area (Å²) >= 11 is 5.42. The van der Waals surface area contributed by atoms with Gasteiger partial charge in [-0.1, -0.05) is 6.07 Å². The second kappa shape index (κ2) is 8.66. The van der Waals surface area contributed by atoms with Crippen molar-refractivity contribution in [1.29, 1.82) is 0 Å². The first-order valence-electron chi connectivity index (χ1n) is 10.6. The van der Waals surface area contributed by atoms with Gasteiger partial charge in [-0.3, -0.25) is 14.5 Å². The molecular weight excluding hydrogens is 428 g/mol. The fourth-order valence-electron chi connectivity index (χ4n) is 4.33. The summed E-state index contributed by atoms with van der Waals surface area (Å²) < 4.78 is 18.8. The van der Waals surface area contributed by atoms with E-state index in [9.17, 15) is 4.79 Å². The van der Waals surface area contributed by atoms with E-state index in [1.165, 1.54) is 0 Å². The monoisotopic (exact) mass is 452 g/mol. The predicted molar refractivity (Wildman–Crippen MR) is 121 cm³/mol. The number of fused-ring (bicyclic) bond motifs is 1. The molecule has 1 saturated heterocycles. The molecule has 1 aromatic heterocycles. The summed E-state index contributed by atoms with van der Waals surface area (Å²) in [4.78, 5) is 15.3. The Bertz CT molecular complexity index is 1190. The first-order chi connectivity index (χ1) is 15.6. The number of likely N-dealkylation sites (tertiary alicyclic amines) is 1. The van der Waals surface area contributed by atoms with E-state index in [4.69, 9.17) is 26.4 Å². The van der Waals surface area contributed by atoms with Crippen LogP contribution in [0.2, 0.25) is 0 Å². The Morgan fingerprint density at radius 1 is 1.19 bits per heavy atom. The third-order valence-electron chi connectivity index (χ3n) is 5.92. The summed E-state index contributed by atoms with van der Waals surface area (Å²) in [5.41, 5.74) is 1.92. The minimum Gasteiger partial charge on any atom is -0.497 e. The molecular formula is C23H24N4O4S. The highest BCUT2D eigenvalue weighted by atomic mass is 32.1. The normalized spacial score (nSPS) is 17.4. The standard InChI is InChI=1S/C23H24N4O4S/c1-29-17-7-4-15(5-8-17)22-24-25-23(32)27(22)14-21(28)26-10-2-3-18(26)16-6-9-19-20(13-16)31-12-11-30-19/h4-9,13,18H,2-3,10-12,14H2,1H3,(H,25,32)/t18-/m1/s1. The maximum Gasteiger partial charge on any atom is 0.243 e. The fourth-order valence-corrected chi connectivity index (χ4v) is 4.53. The van der Waals surface area contributed by atoms with E-state index in [-0.39, 0.29) is 18.5 Å². The molecule has 0 saturated carbocycles. The van der Waals surface area contributed by atoms with Crippen molar-refractivity contribution in [3.05, 3.63) is 52.8 Å². The third kappa shape index (κ3) is 3.84.